The van der Waals surface area contributed by atoms with Crippen LogP contribution in [0.1, 0.15) is 5.56 Å². The van der Waals surface area contributed by atoms with Crippen molar-refractivity contribution in [2.24, 2.45) is 0 Å². The van der Waals surface area contributed by atoms with Crippen molar-refractivity contribution in [2.45, 2.75) is 0 Å². The van der Waals surface area contributed by atoms with E-state index >= 15 is 0 Å². The summed E-state index contributed by atoms with van der Waals surface area (Å²) >= 11 is 0. The summed E-state index contributed by atoms with van der Waals surface area (Å²) in [7, 11) is 1.59. The molecule has 3 heterocycles. The molecule has 2 aromatic carbocycles. The number of imide groups is 1. The van der Waals surface area contributed by atoms with Crippen molar-refractivity contribution in [3.8, 4) is 5.75 Å². The number of aromatic nitrogens is 2. The van der Waals surface area contributed by atoms with Gasteiger partial charge in [0.25, 0.3) is 11.8 Å². The Hall–Kier alpha value is -4.20. The van der Waals surface area contributed by atoms with Crippen molar-refractivity contribution in [3.63, 3.8) is 0 Å². The van der Waals surface area contributed by atoms with Crippen molar-refractivity contribution < 1.29 is 14.3 Å². The number of rotatable bonds is 5. The third-order valence-electron chi connectivity index (χ3n) is 5.88. The molecule has 0 bridgehead atoms. The Balaban J connectivity index is 1.50. The highest BCUT2D eigenvalue weighted by Crippen LogP contribution is 2.35. The number of piperazine rings is 1. The molecule has 166 valence electrons. The fourth-order valence-corrected chi connectivity index (χ4v) is 4.23. The highest BCUT2D eigenvalue weighted by atomic mass is 16.5. The lowest BCUT2D eigenvalue weighted by molar-refractivity contribution is -0.120. The van der Waals surface area contributed by atoms with Crippen LogP contribution in [0.3, 0.4) is 0 Å². The predicted octanol–water partition coefficient (Wildman–Crippen LogP) is 2.59. The lowest BCUT2D eigenvalue weighted by Crippen LogP contribution is -2.48. The quantitative estimate of drug-likeness (QED) is 0.563. The number of anilines is 2. The van der Waals surface area contributed by atoms with Crippen molar-refractivity contribution in [1.29, 1.82) is 0 Å². The number of para-hydroxylation sites is 1. The summed E-state index contributed by atoms with van der Waals surface area (Å²) in [4.78, 5) is 41.2. The third-order valence-corrected chi connectivity index (χ3v) is 5.88. The Bertz CT molecular complexity index is 1190. The maximum absolute atomic E-state index is 13.6. The number of nitrogens with zero attached hydrogens (tertiary/aromatic N) is 5. The number of carbonyl (C=O) groups is 2. The molecular formula is C25H23N5O3. The first kappa shape index (κ1) is 20.7. The van der Waals surface area contributed by atoms with E-state index in [1.54, 1.807) is 49.8 Å². The molecule has 8 heteroatoms. The van der Waals surface area contributed by atoms with Gasteiger partial charge in [-0.3, -0.25) is 9.59 Å². The highest BCUT2D eigenvalue weighted by Gasteiger charge is 2.43. The van der Waals surface area contributed by atoms with Gasteiger partial charge < -0.3 is 14.5 Å². The van der Waals surface area contributed by atoms with E-state index in [1.807, 2.05) is 35.2 Å². The maximum atomic E-state index is 13.6. The van der Waals surface area contributed by atoms with E-state index in [0.29, 0.717) is 60.4 Å². The Kier molecular flexibility index (Phi) is 5.48. The van der Waals surface area contributed by atoms with E-state index in [-0.39, 0.29) is 11.8 Å². The normalized spacial score (nSPS) is 16.6. The number of amides is 2. The summed E-state index contributed by atoms with van der Waals surface area (Å²) in [6, 6.07) is 18.1. The monoisotopic (exact) mass is 441 g/mol. The predicted molar refractivity (Wildman–Crippen MR) is 125 cm³/mol. The van der Waals surface area contributed by atoms with Crippen LogP contribution in [-0.4, -0.2) is 60.0 Å². The molecule has 1 saturated heterocycles. The summed E-state index contributed by atoms with van der Waals surface area (Å²) in [6.07, 6.45) is 3.44. The minimum absolute atomic E-state index is 0.304. The van der Waals surface area contributed by atoms with Gasteiger partial charge in [0.15, 0.2) is 0 Å². The molecule has 1 aromatic heterocycles. The summed E-state index contributed by atoms with van der Waals surface area (Å²) in [5, 5.41) is 0. The average molecular weight is 441 g/mol. The van der Waals surface area contributed by atoms with Gasteiger partial charge in [0.1, 0.15) is 11.4 Å². The first-order valence-electron chi connectivity index (χ1n) is 10.8. The van der Waals surface area contributed by atoms with Gasteiger partial charge in [0.05, 0.1) is 18.4 Å². The second kappa shape index (κ2) is 8.74. The standard InChI is InChI=1S/C25H23N5O3/c1-33-20-10-8-18(9-11-20)21-22(24(32)30(23(21)31)19-6-3-2-4-7-19)28-14-16-29(17-15-28)25-26-12-5-13-27-25/h2-13H,14-17H2,1H3. The molecule has 1 fully saturated rings. The van der Waals surface area contributed by atoms with E-state index in [2.05, 4.69) is 14.9 Å². The van der Waals surface area contributed by atoms with Crippen molar-refractivity contribution in [2.75, 3.05) is 43.1 Å². The van der Waals surface area contributed by atoms with E-state index in [1.165, 1.54) is 4.90 Å². The van der Waals surface area contributed by atoms with Crippen LogP contribution < -0.4 is 14.5 Å². The summed E-state index contributed by atoms with van der Waals surface area (Å²) in [5.74, 6) is 0.733. The maximum Gasteiger partial charge on any atom is 0.282 e. The van der Waals surface area contributed by atoms with Crippen LogP contribution in [0.5, 0.6) is 5.75 Å². The van der Waals surface area contributed by atoms with Crippen LogP contribution in [0.25, 0.3) is 5.57 Å². The fourth-order valence-electron chi connectivity index (χ4n) is 4.23. The SMILES string of the molecule is COc1ccc(C2=C(N3CCN(c4ncccn4)CC3)C(=O)N(c3ccccc3)C2=O)cc1. The van der Waals surface area contributed by atoms with Gasteiger partial charge >= 0.3 is 0 Å². The number of hydrogen-bond donors (Lipinski definition) is 0. The Morgan fingerprint density at radius 2 is 1.39 bits per heavy atom. The van der Waals surface area contributed by atoms with E-state index in [4.69, 9.17) is 4.74 Å². The zero-order valence-corrected chi connectivity index (χ0v) is 18.2. The molecule has 2 aliphatic heterocycles. The van der Waals surface area contributed by atoms with Gasteiger partial charge in [-0.15, -0.1) is 0 Å². The van der Waals surface area contributed by atoms with Crippen molar-refractivity contribution in [3.05, 3.63) is 84.3 Å². The number of carbonyl (C=O) groups excluding carboxylic acids is 2. The molecule has 0 spiro atoms. The van der Waals surface area contributed by atoms with Gasteiger partial charge in [-0.2, -0.15) is 0 Å². The van der Waals surface area contributed by atoms with E-state index in [9.17, 15) is 9.59 Å². The van der Waals surface area contributed by atoms with Gasteiger partial charge in [-0.25, -0.2) is 14.9 Å². The molecule has 0 atom stereocenters. The average Bonchev–Trinajstić information content (AvgIpc) is 3.15. The molecule has 2 amide bonds. The van der Waals surface area contributed by atoms with Gasteiger partial charge in [0.2, 0.25) is 5.95 Å². The lowest BCUT2D eigenvalue weighted by Gasteiger charge is -2.36. The molecule has 2 aliphatic rings. The van der Waals surface area contributed by atoms with Gasteiger partial charge in [-0.05, 0) is 35.9 Å². The lowest BCUT2D eigenvalue weighted by atomic mass is 10.0. The Morgan fingerprint density at radius 1 is 0.758 bits per heavy atom. The van der Waals surface area contributed by atoms with E-state index < -0.39 is 0 Å². The van der Waals surface area contributed by atoms with Crippen molar-refractivity contribution in [1.82, 2.24) is 14.9 Å². The Morgan fingerprint density at radius 3 is 2.03 bits per heavy atom. The van der Waals surface area contributed by atoms with Crippen molar-refractivity contribution >= 4 is 29.0 Å². The smallest absolute Gasteiger partial charge is 0.282 e. The molecule has 0 aliphatic carbocycles. The fraction of sp³-hybridized carbons (Fsp3) is 0.200. The topological polar surface area (TPSA) is 78.9 Å². The number of hydrogen-bond acceptors (Lipinski definition) is 7. The van der Waals surface area contributed by atoms with Crippen LogP contribution in [0.15, 0.2) is 78.8 Å². The molecular weight excluding hydrogens is 418 g/mol. The van der Waals surface area contributed by atoms with Crippen LogP contribution >= 0.6 is 0 Å². The van der Waals surface area contributed by atoms with Gasteiger partial charge in [0, 0.05) is 38.6 Å². The van der Waals surface area contributed by atoms with E-state index in [0.717, 1.165) is 0 Å². The van der Waals surface area contributed by atoms with Crippen LogP contribution in [0.2, 0.25) is 0 Å². The zero-order valence-electron chi connectivity index (χ0n) is 18.2. The molecule has 5 rings (SSSR count). The molecule has 33 heavy (non-hydrogen) atoms. The molecule has 0 saturated carbocycles. The minimum atomic E-state index is -0.319. The molecule has 0 unspecified atom stereocenters. The second-order valence-electron chi connectivity index (χ2n) is 7.76. The summed E-state index contributed by atoms with van der Waals surface area (Å²) in [6.45, 7) is 2.45. The van der Waals surface area contributed by atoms with Crippen LogP contribution in [0, 0.1) is 0 Å². The highest BCUT2D eigenvalue weighted by molar-refractivity contribution is 6.45. The summed E-state index contributed by atoms with van der Waals surface area (Å²) in [5.41, 5.74) is 2.10. The largest absolute Gasteiger partial charge is 0.497 e. The molecule has 0 radical (unpaired) electrons. The second-order valence-corrected chi connectivity index (χ2v) is 7.76. The van der Waals surface area contributed by atoms with Crippen LogP contribution in [0.4, 0.5) is 11.6 Å². The third kappa shape index (κ3) is 3.80. The molecule has 0 N–H and O–H groups in total. The number of benzene rings is 2. The minimum Gasteiger partial charge on any atom is -0.497 e. The van der Waals surface area contributed by atoms with Gasteiger partial charge in [-0.1, -0.05) is 30.3 Å². The molecule has 3 aromatic rings. The van der Waals surface area contributed by atoms with Crippen LogP contribution in [-0.2, 0) is 9.59 Å². The number of ether oxygens (including phenoxy) is 1. The molecule has 8 nitrogen and oxygen atoms in total. The zero-order chi connectivity index (χ0) is 22.8. The summed E-state index contributed by atoms with van der Waals surface area (Å²) < 4.78 is 5.26. The Labute approximate surface area is 191 Å². The first-order valence-corrected chi connectivity index (χ1v) is 10.8. The number of methoxy groups -OCH3 is 1. The first-order chi connectivity index (χ1) is 16.2.